The van der Waals surface area contributed by atoms with E-state index >= 15 is 0 Å². The van der Waals surface area contributed by atoms with Crippen LogP contribution in [-0.2, 0) is 11.8 Å². The molecule has 38 heavy (non-hydrogen) atoms. The lowest BCUT2D eigenvalue weighted by molar-refractivity contribution is -0.141. The van der Waals surface area contributed by atoms with Crippen molar-refractivity contribution in [1.82, 2.24) is 29.3 Å². The van der Waals surface area contributed by atoms with Crippen LogP contribution in [0.1, 0.15) is 19.4 Å². The van der Waals surface area contributed by atoms with E-state index in [1.165, 1.54) is 0 Å². The van der Waals surface area contributed by atoms with Crippen LogP contribution in [0.2, 0.25) is 0 Å². The molecule has 4 aromatic rings. The second kappa shape index (κ2) is 9.26. The molecule has 3 atom stereocenters. The topological polar surface area (TPSA) is 116 Å². The predicted molar refractivity (Wildman–Crippen MR) is 142 cm³/mol. The number of aliphatic hydroxyl groups is 1. The zero-order valence-corrected chi connectivity index (χ0v) is 21.7. The number of hydrogen-bond donors (Lipinski definition) is 1. The predicted octanol–water partition coefficient (Wildman–Crippen LogP) is 2.58. The molecule has 6 rings (SSSR count). The molecule has 0 radical (unpaired) electrons. The third-order valence-corrected chi connectivity index (χ3v) is 7.84. The van der Waals surface area contributed by atoms with E-state index in [1.807, 2.05) is 62.7 Å². The number of rotatable bonds is 5. The van der Waals surface area contributed by atoms with E-state index in [9.17, 15) is 15.2 Å². The molecule has 0 spiro atoms. The molecule has 10 heteroatoms. The standard InChI is InChI=1S/C28H30N8O2/c1-17(2)27(37)28(38)35-14-22-12-34(13-23(22)15-35)25-5-4-18(8-30-25)24-6-19(21-10-31-33(3)11-21)16-36-26(24)20(7-29)9-32-36/h4-6,8-11,16-17,22-23,27,37H,12-15H2,1-3H3/t22-,23+,27?. The van der Waals surface area contributed by atoms with Gasteiger partial charge in [-0.25, -0.2) is 9.50 Å². The van der Waals surface area contributed by atoms with E-state index in [1.54, 1.807) is 15.4 Å². The van der Waals surface area contributed by atoms with Crippen molar-refractivity contribution in [2.24, 2.45) is 24.8 Å². The lowest BCUT2D eigenvalue weighted by atomic mass is 10.0. The summed E-state index contributed by atoms with van der Waals surface area (Å²) in [5.41, 5.74) is 4.96. The summed E-state index contributed by atoms with van der Waals surface area (Å²) in [4.78, 5) is 21.5. The molecule has 0 aromatic carbocycles. The fraction of sp³-hybridized carbons (Fsp3) is 0.393. The quantitative estimate of drug-likeness (QED) is 0.439. The molecule has 0 aliphatic carbocycles. The van der Waals surface area contributed by atoms with Gasteiger partial charge in [-0.1, -0.05) is 13.8 Å². The second-order valence-electron chi connectivity index (χ2n) is 10.8. The average molecular weight is 511 g/mol. The van der Waals surface area contributed by atoms with E-state index in [4.69, 9.17) is 4.98 Å². The molecule has 194 valence electrons. The number of aryl methyl sites for hydroxylation is 1. The van der Waals surface area contributed by atoms with Crippen molar-refractivity contribution < 1.29 is 9.90 Å². The zero-order chi connectivity index (χ0) is 26.6. The Morgan fingerprint density at radius 1 is 1.03 bits per heavy atom. The number of nitrogens with zero attached hydrogens (tertiary/aromatic N) is 8. The molecule has 1 amide bonds. The summed E-state index contributed by atoms with van der Waals surface area (Å²) in [6.45, 7) is 6.76. The highest BCUT2D eigenvalue weighted by atomic mass is 16.3. The van der Waals surface area contributed by atoms with Crippen LogP contribution in [0, 0.1) is 29.1 Å². The van der Waals surface area contributed by atoms with E-state index in [0.29, 0.717) is 30.5 Å². The van der Waals surface area contributed by atoms with Crippen LogP contribution < -0.4 is 4.90 Å². The highest BCUT2D eigenvalue weighted by Gasteiger charge is 2.43. The number of hydrogen-bond acceptors (Lipinski definition) is 7. The van der Waals surface area contributed by atoms with E-state index in [0.717, 1.165) is 46.7 Å². The van der Waals surface area contributed by atoms with Gasteiger partial charge in [0.05, 0.1) is 23.5 Å². The number of likely N-dealkylation sites (tertiary alicyclic amines) is 1. The number of nitriles is 1. The largest absolute Gasteiger partial charge is 0.383 e. The van der Waals surface area contributed by atoms with E-state index < -0.39 is 6.10 Å². The number of anilines is 1. The Hall–Kier alpha value is -4.23. The number of aliphatic hydroxyl groups excluding tert-OH is 1. The Labute approximate surface area is 220 Å². The second-order valence-corrected chi connectivity index (χ2v) is 10.8. The molecule has 2 aliphatic rings. The van der Waals surface area contributed by atoms with Gasteiger partial charge in [-0.3, -0.25) is 9.48 Å². The van der Waals surface area contributed by atoms with Crippen molar-refractivity contribution in [3.05, 3.63) is 54.7 Å². The molecule has 2 aliphatic heterocycles. The van der Waals surface area contributed by atoms with E-state index in [-0.39, 0.29) is 11.8 Å². The molecule has 0 bridgehead atoms. The van der Waals surface area contributed by atoms with Crippen LogP contribution >= 0.6 is 0 Å². The summed E-state index contributed by atoms with van der Waals surface area (Å²) in [6.07, 6.45) is 8.18. The van der Waals surface area contributed by atoms with Crippen LogP contribution in [0.15, 0.2) is 49.2 Å². The van der Waals surface area contributed by atoms with E-state index in [2.05, 4.69) is 27.2 Å². The molecule has 1 N–H and O–H groups in total. The summed E-state index contributed by atoms with van der Waals surface area (Å²) in [7, 11) is 1.88. The monoisotopic (exact) mass is 510 g/mol. The average Bonchev–Trinajstić information content (AvgIpc) is 3.70. The van der Waals surface area contributed by atoms with Crippen molar-refractivity contribution in [1.29, 1.82) is 5.26 Å². The fourth-order valence-corrected chi connectivity index (χ4v) is 5.72. The molecule has 0 saturated carbocycles. The maximum absolute atomic E-state index is 12.6. The number of amides is 1. The normalized spacial score (nSPS) is 19.8. The molecule has 2 saturated heterocycles. The molecule has 10 nitrogen and oxygen atoms in total. The number of pyridine rings is 2. The molecule has 2 fully saturated rings. The summed E-state index contributed by atoms with van der Waals surface area (Å²) >= 11 is 0. The first-order valence-corrected chi connectivity index (χ1v) is 12.9. The van der Waals surface area contributed by atoms with Gasteiger partial charge in [-0.2, -0.15) is 15.5 Å². The van der Waals surface area contributed by atoms with Gasteiger partial charge in [0.25, 0.3) is 5.91 Å². The molecule has 6 heterocycles. The first-order valence-electron chi connectivity index (χ1n) is 12.9. The third-order valence-electron chi connectivity index (χ3n) is 7.84. The fourth-order valence-electron chi connectivity index (χ4n) is 5.72. The number of fused-ring (bicyclic) bond motifs is 2. The van der Waals surface area contributed by atoms with Gasteiger partial charge < -0.3 is 14.9 Å². The Morgan fingerprint density at radius 2 is 1.79 bits per heavy atom. The van der Waals surface area contributed by atoms with Crippen molar-refractivity contribution in [2.75, 3.05) is 31.1 Å². The van der Waals surface area contributed by atoms with Crippen molar-refractivity contribution in [2.45, 2.75) is 20.0 Å². The summed E-state index contributed by atoms with van der Waals surface area (Å²) in [6, 6.07) is 8.38. The first kappa shape index (κ1) is 24.1. The van der Waals surface area contributed by atoms with Gasteiger partial charge >= 0.3 is 0 Å². The highest BCUT2D eigenvalue weighted by Crippen LogP contribution is 2.36. The maximum atomic E-state index is 12.6. The lowest BCUT2D eigenvalue weighted by Gasteiger charge is -2.25. The molecule has 4 aromatic heterocycles. The maximum Gasteiger partial charge on any atom is 0.251 e. The van der Waals surface area contributed by atoms with Gasteiger partial charge in [-0.05, 0) is 24.1 Å². The summed E-state index contributed by atoms with van der Waals surface area (Å²) < 4.78 is 3.50. The Bertz CT molecular complexity index is 1530. The third kappa shape index (κ3) is 4.09. The minimum Gasteiger partial charge on any atom is -0.383 e. The van der Waals surface area contributed by atoms with Crippen molar-refractivity contribution in [3.63, 3.8) is 0 Å². The van der Waals surface area contributed by atoms with Gasteiger partial charge in [0.2, 0.25) is 0 Å². The van der Waals surface area contributed by atoms with Crippen molar-refractivity contribution >= 4 is 17.2 Å². The SMILES string of the molecule is CC(C)C(O)C(=O)N1C[C@@H]2CN(c3ccc(-c4cc(-c5cnn(C)c5)cn5ncc(C#N)c45)cn3)C[C@@H]2C1. The molecular formula is C28H30N8O2. The highest BCUT2D eigenvalue weighted by molar-refractivity contribution is 5.87. The van der Waals surface area contributed by atoms with Gasteiger partial charge in [-0.15, -0.1) is 0 Å². The lowest BCUT2D eigenvalue weighted by Crippen LogP contribution is -2.41. The van der Waals surface area contributed by atoms with Gasteiger partial charge in [0, 0.05) is 85.9 Å². The summed E-state index contributed by atoms with van der Waals surface area (Å²) in [5, 5.41) is 28.6. The minimum absolute atomic E-state index is 0.0831. The first-order chi connectivity index (χ1) is 18.3. The van der Waals surface area contributed by atoms with Gasteiger partial charge in [0.15, 0.2) is 0 Å². The smallest absolute Gasteiger partial charge is 0.251 e. The zero-order valence-electron chi connectivity index (χ0n) is 21.7. The number of carbonyl (C=O) groups excluding carboxylic acids is 1. The van der Waals surface area contributed by atoms with Crippen LogP contribution in [0.3, 0.4) is 0 Å². The number of carbonyl (C=O) groups is 1. The van der Waals surface area contributed by atoms with Crippen LogP contribution in [-0.4, -0.2) is 72.6 Å². The van der Waals surface area contributed by atoms with Gasteiger partial charge in [0.1, 0.15) is 18.0 Å². The summed E-state index contributed by atoms with van der Waals surface area (Å²) in [5.74, 6) is 1.41. The van der Waals surface area contributed by atoms with Crippen LogP contribution in [0.5, 0.6) is 0 Å². The Kier molecular flexibility index (Phi) is 5.88. The van der Waals surface area contributed by atoms with Crippen LogP contribution in [0.25, 0.3) is 27.8 Å². The van der Waals surface area contributed by atoms with Crippen molar-refractivity contribution in [3.8, 4) is 28.3 Å². The molecule has 1 unspecified atom stereocenters. The minimum atomic E-state index is -0.931. The van der Waals surface area contributed by atoms with Crippen LogP contribution in [0.4, 0.5) is 5.82 Å². The Balaban J connectivity index is 1.24. The Morgan fingerprint density at radius 3 is 2.39 bits per heavy atom. The molecular weight excluding hydrogens is 480 g/mol. The number of aromatic nitrogens is 5.